The number of nitrogens with zero attached hydrogens (tertiary/aromatic N) is 6. The maximum Gasteiger partial charge on any atom is 0.0562 e. The van der Waals surface area contributed by atoms with Gasteiger partial charge in [-0.05, 0) is 236 Å². The van der Waals surface area contributed by atoms with Crippen LogP contribution in [0.15, 0.2) is 449 Å². The SMILES string of the molecule is c1ccc(-c2ccc(-n3c4ccc(-c5ccc6c(c5)c5ccccc5n6-c5ccc6ccccc6c5)cc4c4cc5c(cc43)c3ccccc3n5-c3ccccc3)cc2)cc1.c1ccc(-c2ccc(-n3c4ccc(-c5ccc6c(c5)c5ccccc5n6-c5ccc6ccccc6c5)cc4c4cc5c6ccccc6n(-c6ccccc6)c5cc43)cc2)cc1. The second-order valence-electron chi connectivity index (χ2n) is 32.3. The van der Waals surface area contributed by atoms with Crippen LogP contribution in [0.5, 0.6) is 0 Å². The summed E-state index contributed by atoms with van der Waals surface area (Å²) in [5.74, 6) is 0. The zero-order valence-corrected chi connectivity index (χ0v) is 66.4. The summed E-state index contributed by atoms with van der Waals surface area (Å²) in [6.07, 6.45) is 0. The van der Waals surface area contributed by atoms with Crippen molar-refractivity contribution in [3.05, 3.63) is 449 Å². The molecule has 0 aliphatic heterocycles. The first-order valence-electron chi connectivity index (χ1n) is 42.0. The number of aromatic nitrogens is 6. The van der Waals surface area contributed by atoms with Gasteiger partial charge in [0.25, 0.3) is 0 Å². The van der Waals surface area contributed by atoms with Gasteiger partial charge < -0.3 is 27.4 Å². The molecular formula is C116H74N6. The molecule has 0 amide bonds. The molecule has 6 nitrogen and oxygen atoms in total. The highest BCUT2D eigenvalue weighted by Gasteiger charge is 2.24. The van der Waals surface area contributed by atoms with Crippen LogP contribution in [0.1, 0.15) is 0 Å². The molecule has 0 saturated heterocycles. The van der Waals surface area contributed by atoms with Gasteiger partial charge in [0.05, 0.1) is 66.2 Å². The van der Waals surface area contributed by atoms with Gasteiger partial charge in [0.2, 0.25) is 0 Å². The zero-order valence-electron chi connectivity index (χ0n) is 66.4. The molecule has 6 aromatic heterocycles. The van der Waals surface area contributed by atoms with Crippen LogP contribution in [0.2, 0.25) is 0 Å². The van der Waals surface area contributed by atoms with E-state index in [0.29, 0.717) is 0 Å². The number of fused-ring (bicyclic) bond motifs is 20. The Bertz CT molecular complexity index is 8710. The molecule has 6 heterocycles. The van der Waals surface area contributed by atoms with Gasteiger partial charge in [-0.25, -0.2) is 0 Å². The average Bonchev–Trinajstić information content (AvgIpc) is 1.56. The zero-order chi connectivity index (χ0) is 80.0. The first-order chi connectivity index (χ1) is 60.5. The fourth-order valence-corrected chi connectivity index (χ4v) is 19.9. The van der Waals surface area contributed by atoms with E-state index in [1.54, 1.807) is 0 Å². The topological polar surface area (TPSA) is 29.6 Å². The molecule has 122 heavy (non-hydrogen) atoms. The molecule has 0 radical (unpaired) electrons. The Morgan fingerprint density at radius 2 is 0.320 bits per heavy atom. The molecule has 0 saturated carbocycles. The van der Waals surface area contributed by atoms with Crippen LogP contribution in [0.25, 0.3) is 231 Å². The van der Waals surface area contributed by atoms with Gasteiger partial charge in [0, 0.05) is 98.8 Å². The van der Waals surface area contributed by atoms with Crippen LogP contribution in [0, 0.1) is 0 Å². The minimum atomic E-state index is 1.14. The van der Waals surface area contributed by atoms with Gasteiger partial charge in [-0.2, -0.15) is 0 Å². The van der Waals surface area contributed by atoms with Gasteiger partial charge in [0.1, 0.15) is 0 Å². The van der Waals surface area contributed by atoms with Crippen molar-refractivity contribution in [1.29, 1.82) is 0 Å². The minimum absolute atomic E-state index is 1.14. The third kappa shape index (κ3) is 11.0. The predicted molar refractivity (Wildman–Crippen MR) is 516 cm³/mol. The van der Waals surface area contributed by atoms with E-state index in [0.717, 1.165) is 22.7 Å². The van der Waals surface area contributed by atoms with E-state index < -0.39 is 0 Å². The summed E-state index contributed by atoms with van der Waals surface area (Å²) in [6, 6.07) is 165. The minimum Gasteiger partial charge on any atom is -0.309 e. The normalized spacial score (nSPS) is 11.9. The number of rotatable bonds is 10. The Balaban J connectivity index is 0.000000134. The predicted octanol–water partition coefficient (Wildman–Crippen LogP) is 30.9. The van der Waals surface area contributed by atoms with E-state index in [4.69, 9.17) is 0 Å². The molecule has 568 valence electrons. The van der Waals surface area contributed by atoms with E-state index in [1.165, 1.54) is 208 Å². The van der Waals surface area contributed by atoms with Crippen molar-refractivity contribution in [3.8, 4) is 78.6 Å². The Kier molecular flexibility index (Phi) is 15.6. The molecule has 0 atom stereocenters. The lowest BCUT2D eigenvalue weighted by Gasteiger charge is -2.11. The number of para-hydroxylation sites is 6. The van der Waals surface area contributed by atoms with Crippen LogP contribution in [-0.4, -0.2) is 27.4 Å². The van der Waals surface area contributed by atoms with Crippen molar-refractivity contribution in [2.45, 2.75) is 0 Å². The largest absolute Gasteiger partial charge is 0.309 e. The second-order valence-corrected chi connectivity index (χ2v) is 32.3. The van der Waals surface area contributed by atoms with E-state index in [9.17, 15) is 0 Å². The molecule has 0 spiro atoms. The fraction of sp³-hybridized carbons (Fsp3) is 0. The summed E-state index contributed by atoms with van der Waals surface area (Å²) in [7, 11) is 0. The lowest BCUT2D eigenvalue weighted by atomic mass is 10.00. The van der Waals surface area contributed by atoms with Crippen LogP contribution >= 0.6 is 0 Å². The van der Waals surface area contributed by atoms with Crippen LogP contribution in [-0.2, 0) is 0 Å². The lowest BCUT2D eigenvalue weighted by Crippen LogP contribution is -1.96. The molecule has 0 aliphatic rings. The molecule has 0 aliphatic carbocycles. The maximum atomic E-state index is 2.46. The van der Waals surface area contributed by atoms with Gasteiger partial charge in [-0.1, -0.05) is 279 Å². The van der Waals surface area contributed by atoms with Crippen LogP contribution in [0.4, 0.5) is 0 Å². The van der Waals surface area contributed by atoms with Crippen molar-refractivity contribution in [3.63, 3.8) is 0 Å². The second kappa shape index (κ2) is 27.7. The van der Waals surface area contributed by atoms with E-state index in [-0.39, 0.29) is 0 Å². The van der Waals surface area contributed by atoms with Gasteiger partial charge in [0.15, 0.2) is 0 Å². The summed E-state index contributed by atoms with van der Waals surface area (Å²) in [5.41, 5.74) is 30.9. The Labute approximate surface area is 702 Å². The first kappa shape index (κ1) is 68.9. The van der Waals surface area contributed by atoms with Crippen molar-refractivity contribution >= 4 is 152 Å². The summed E-state index contributed by atoms with van der Waals surface area (Å²) < 4.78 is 14.6. The molecule has 26 aromatic rings. The first-order valence-corrected chi connectivity index (χ1v) is 42.0. The van der Waals surface area contributed by atoms with E-state index >= 15 is 0 Å². The molecular weight excluding hydrogens is 1480 g/mol. The van der Waals surface area contributed by atoms with E-state index in [1.807, 2.05) is 0 Å². The molecule has 0 fully saturated rings. The highest BCUT2D eigenvalue weighted by atomic mass is 15.0. The average molecular weight is 1550 g/mol. The lowest BCUT2D eigenvalue weighted by molar-refractivity contribution is 1.16. The summed E-state index contributed by atoms with van der Waals surface area (Å²) in [5, 5.41) is 19.9. The third-order valence-electron chi connectivity index (χ3n) is 25.6. The van der Waals surface area contributed by atoms with Crippen molar-refractivity contribution < 1.29 is 0 Å². The summed E-state index contributed by atoms with van der Waals surface area (Å²) in [4.78, 5) is 0. The number of hydrogen-bond donors (Lipinski definition) is 0. The molecule has 0 bridgehead atoms. The van der Waals surface area contributed by atoms with Gasteiger partial charge in [-0.3, -0.25) is 0 Å². The number of hydrogen-bond acceptors (Lipinski definition) is 0. The maximum absolute atomic E-state index is 2.46. The van der Waals surface area contributed by atoms with Gasteiger partial charge in [-0.15, -0.1) is 0 Å². The smallest absolute Gasteiger partial charge is 0.0562 e. The van der Waals surface area contributed by atoms with Crippen molar-refractivity contribution in [1.82, 2.24) is 27.4 Å². The van der Waals surface area contributed by atoms with Crippen LogP contribution < -0.4 is 0 Å². The fourth-order valence-electron chi connectivity index (χ4n) is 19.9. The van der Waals surface area contributed by atoms with Gasteiger partial charge >= 0.3 is 0 Å². The molecule has 26 rings (SSSR count). The van der Waals surface area contributed by atoms with Crippen molar-refractivity contribution in [2.24, 2.45) is 0 Å². The third-order valence-corrected chi connectivity index (χ3v) is 25.6. The quantitative estimate of drug-likeness (QED) is 0.131. The highest BCUT2D eigenvalue weighted by Crippen LogP contribution is 2.47. The monoisotopic (exact) mass is 1550 g/mol. The summed E-state index contributed by atoms with van der Waals surface area (Å²) >= 11 is 0. The standard InChI is InChI=1S/2C58H37N3/c1-3-13-38(14-4-1)40-23-28-45(29-24-40)60-56-32-27-43(35-50(56)52-37-57-51(36-58(52)60)48-20-10-11-21-53(48)59(57)44-17-5-2-6-18-44)42-26-31-55-49(34-42)47-19-9-12-22-54(47)61(55)46-30-25-39-15-7-8-16-41(39)33-46;1-3-13-38(14-4-1)40-23-28-45(29-24-40)60-56-32-27-43(35-50(56)52-36-51-48-20-10-11-21-53(48)59(57(51)37-58(52)60)44-17-5-2-6-18-44)42-26-31-55-49(34-42)47-19-9-12-22-54(47)61(55)46-30-25-39-15-7-8-16-41(39)33-46/h2*1-37H. The molecule has 6 heteroatoms. The summed E-state index contributed by atoms with van der Waals surface area (Å²) in [6.45, 7) is 0. The molecule has 0 unspecified atom stereocenters. The van der Waals surface area contributed by atoms with Crippen molar-refractivity contribution in [2.75, 3.05) is 0 Å². The Hall–Kier alpha value is -16.3. The number of benzene rings is 20. The Morgan fingerprint density at radius 3 is 0.680 bits per heavy atom. The molecule has 0 N–H and O–H groups in total. The molecule has 20 aromatic carbocycles. The Morgan fingerprint density at radius 1 is 0.0984 bits per heavy atom. The van der Waals surface area contributed by atoms with Crippen LogP contribution in [0.3, 0.4) is 0 Å². The van der Waals surface area contributed by atoms with E-state index in [2.05, 4.69) is 476 Å². The highest BCUT2D eigenvalue weighted by molar-refractivity contribution is 6.22.